The average molecular weight is 447 g/mol. The Morgan fingerprint density at radius 1 is 1.03 bits per heavy atom. The van der Waals surface area contributed by atoms with Gasteiger partial charge in [-0.05, 0) is 57.9 Å². The van der Waals surface area contributed by atoms with Crippen molar-refractivity contribution < 1.29 is 23.9 Å². The normalized spacial score (nSPS) is 19.8. The number of carbonyl (C=O) groups is 3. The van der Waals surface area contributed by atoms with Crippen LogP contribution in [0.4, 0.5) is 16.2 Å². The molecule has 176 valence electrons. The Labute approximate surface area is 189 Å². The second-order valence-electron chi connectivity index (χ2n) is 9.27. The van der Waals surface area contributed by atoms with Crippen molar-refractivity contribution in [3.63, 3.8) is 0 Å². The summed E-state index contributed by atoms with van der Waals surface area (Å²) in [6.07, 6.45) is 1.10. The van der Waals surface area contributed by atoms with Crippen LogP contribution in [0.25, 0.3) is 0 Å². The van der Waals surface area contributed by atoms with E-state index >= 15 is 0 Å². The topological polar surface area (TPSA) is 100 Å². The number of nitrogens with zero attached hydrogens (tertiary/aromatic N) is 2. The molecule has 2 fully saturated rings. The van der Waals surface area contributed by atoms with Crippen LogP contribution in [-0.4, -0.2) is 79.2 Å². The molecule has 2 aliphatic rings. The van der Waals surface area contributed by atoms with E-state index in [1.807, 2.05) is 20.8 Å². The number of rotatable bonds is 5. The van der Waals surface area contributed by atoms with Crippen molar-refractivity contribution in [2.24, 2.45) is 5.92 Å². The summed E-state index contributed by atoms with van der Waals surface area (Å²) >= 11 is 0. The van der Waals surface area contributed by atoms with Crippen molar-refractivity contribution >= 4 is 29.3 Å². The molecule has 9 heteroatoms. The Morgan fingerprint density at radius 3 is 2.28 bits per heavy atom. The highest BCUT2D eigenvalue weighted by molar-refractivity contribution is 5.94. The van der Waals surface area contributed by atoms with E-state index in [9.17, 15) is 14.4 Å². The number of morpholine rings is 1. The van der Waals surface area contributed by atoms with Crippen LogP contribution in [0.2, 0.25) is 0 Å². The quantitative estimate of drug-likeness (QED) is 0.721. The highest BCUT2D eigenvalue weighted by atomic mass is 16.6. The molecular formula is C23H34N4O5. The molecule has 0 spiro atoms. The molecule has 0 aromatic heterocycles. The first kappa shape index (κ1) is 24.0. The van der Waals surface area contributed by atoms with E-state index < -0.39 is 5.60 Å². The summed E-state index contributed by atoms with van der Waals surface area (Å²) in [6.45, 7) is 9.56. The predicted octanol–water partition coefficient (Wildman–Crippen LogP) is 2.54. The second-order valence-corrected chi connectivity index (χ2v) is 9.27. The third kappa shape index (κ3) is 7.49. The fourth-order valence-electron chi connectivity index (χ4n) is 3.73. The minimum atomic E-state index is -0.564. The SMILES string of the molecule is CC(C)(C)OC(=O)N1CCCC(C(=O)Nc2ccc(NC(=O)CN3CCOCC3)cc2)C1. The number of amides is 3. The Kier molecular flexibility index (Phi) is 8.09. The number of nitrogens with one attached hydrogen (secondary N) is 2. The van der Waals surface area contributed by atoms with Gasteiger partial charge in [-0.15, -0.1) is 0 Å². The van der Waals surface area contributed by atoms with Crippen molar-refractivity contribution in [1.29, 1.82) is 0 Å². The number of piperidine rings is 1. The maximum atomic E-state index is 12.7. The third-order valence-corrected chi connectivity index (χ3v) is 5.35. The summed E-state index contributed by atoms with van der Waals surface area (Å²) in [5, 5.41) is 5.79. The monoisotopic (exact) mass is 446 g/mol. The first-order valence-electron chi connectivity index (χ1n) is 11.2. The smallest absolute Gasteiger partial charge is 0.410 e. The summed E-state index contributed by atoms with van der Waals surface area (Å²) in [4.78, 5) is 40.9. The van der Waals surface area contributed by atoms with Crippen LogP contribution in [0, 0.1) is 5.92 Å². The highest BCUT2D eigenvalue weighted by Crippen LogP contribution is 2.22. The maximum absolute atomic E-state index is 12.7. The zero-order chi connectivity index (χ0) is 23.1. The summed E-state index contributed by atoms with van der Waals surface area (Å²) in [6, 6.07) is 7.05. The summed E-state index contributed by atoms with van der Waals surface area (Å²) in [5.74, 6) is -0.486. The van der Waals surface area contributed by atoms with Crippen LogP contribution in [0.5, 0.6) is 0 Å². The minimum Gasteiger partial charge on any atom is -0.444 e. The van der Waals surface area contributed by atoms with Crippen LogP contribution in [0.3, 0.4) is 0 Å². The average Bonchev–Trinajstić information content (AvgIpc) is 2.74. The molecule has 2 heterocycles. The van der Waals surface area contributed by atoms with Crippen LogP contribution in [-0.2, 0) is 19.1 Å². The molecule has 0 saturated carbocycles. The lowest BCUT2D eigenvalue weighted by molar-refractivity contribution is -0.121. The predicted molar refractivity (Wildman–Crippen MR) is 121 cm³/mol. The molecule has 32 heavy (non-hydrogen) atoms. The van der Waals surface area contributed by atoms with Crippen molar-refractivity contribution in [1.82, 2.24) is 9.80 Å². The molecule has 0 radical (unpaired) electrons. The number of hydrogen-bond donors (Lipinski definition) is 2. The zero-order valence-corrected chi connectivity index (χ0v) is 19.2. The van der Waals surface area contributed by atoms with Gasteiger partial charge in [-0.1, -0.05) is 0 Å². The standard InChI is InChI=1S/C23H34N4O5/c1-23(2,3)32-22(30)27-10-4-5-17(15-27)21(29)25-19-8-6-18(7-9-19)24-20(28)16-26-11-13-31-14-12-26/h6-9,17H,4-5,10-16H2,1-3H3,(H,24,28)(H,25,29). The second kappa shape index (κ2) is 10.8. The van der Waals surface area contributed by atoms with Crippen molar-refractivity contribution in [2.45, 2.75) is 39.2 Å². The highest BCUT2D eigenvalue weighted by Gasteiger charge is 2.31. The number of ether oxygens (including phenoxy) is 2. The Bertz CT molecular complexity index is 800. The molecule has 3 amide bonds. The molecule has 0 bridgehead atoms. The lowest BCUT2D eigenvalue weighted by Crippen LogP contribution is -2.45. The summed E-state index contributed by atoms with van der Waals surface area (Å²) < 4.78 is 10.7. The largest absolute Gasteiger partial charge is 0.444 e. The number of benzene rings is 1. The van der Waals surface area contributed by atoms with Gasteiger partial charge in [0.1, 0.15) is 5.60 Å². The number of carbonyl (C=O) groups excluding carboxylic acids is 3. The van der Waals surface area contributed by atoms with Gasteiger partial charge in [0.25, 0.3) is 0 Å². The molecular weight excluding hydrogens is 412 g/mol. The van der Waals surface area contributed by atoms with Gasteiger partial charge in [-0.25, -0.2) is 4.79 Å². The van der Waals surface area contributed by atoms with Gasteiger partial charge < -0.3 is 25.0 Å². The van der Waals surface area contributed by atoms with Crippen LogP contribution < -0.4 is 10.6 Å². The van der Waals surface area contributed by atoms with E-state index in [1.54, 1.807) is 29.2 Å². The molecule has 1 aromatic carbocycles. The van der Waals surface area contributed by atoms with Gasteiger partial charge in [0.05, 0.1) is 25.7 Å². The lowest BCUT2D eigenvalue weighted by atomic mass is 9.97. The Balaban J connectivity index is 1.47. The summed E-state index contributed by atoms with van der Waals surface area (Å²) in [5.41, 5.74) is 0.761. The van der Waals surface area contributed by atoms with Crippen LogP contribution >= 0.6 is 0 Å². The summed E-state index contributed by atoms with van der Waals surface area (Å²) in [7, 11) is 0. The molecule has 2 aliphatic heterocycles. The fraction of sp³-hybridized carbons (Fsp3) is 0.609. The maximum Gasteiger partial charge on any atom is 0.410 e. The number of anilines is 2. The molecule has 1 unspecified atom stereocenters. The van der Waals surface area contributed by atoms with E-state index in [0.717, 1.165) is 25.9 Å². The van der Waals surface area contributed by atoms with E-state index in [2.05, 4.69) is 15.5 Å². The van der Waals surface area contributed by atoms with Crippen molar-refractivity contribution in [2.75, 3.05) is 56.6 Å². The molecule has 1 atom stereocenters. The fourth-order valence-corrected chi connectivity index (χ4v) is 3.73. The first-order valence-corrected chi connectivity index (χ1v) is 11.2. The number of likely N-dealkylation sites (tertiary alicyclic amines) is 1. The third-order valence-electron chi connectivity index (χ3n) is 5.35. The van der Waals surface area contributed by atoms with Crippen LogP contribution in [0.1, 0.15) is 33.6 Å². The van der Waals surface area contributed by atoms with E-state index in [0.29, 0.717) is 44.2 Å². The molecule has 1 aromatic rings. The van der Waals surface area contributed by atoms with Gasteiger partial charge in [0.2, 0.25) is 11.8 Å². The van der Waals surface area contributed by atoms with Crippen LogP contribution in [0.15, 0.2) is 24.3 Å². The van der Waals surface area contributed by atoms with Gasteiger partial charge in [-0.2, -0.15) is 0 Å². The number of hydrogen-bond acceptors (Lipinski definition) is 6. The molecule has 9 nitrogen and oxygen atoms in total. The molecule has 2 N–H and O–H groups in total. The zero-order valence-electron chi connectivity index (χ0n) is 19.2. The lowest BCUT2D eigenvalue weighted by Gasteiger charge is -2.33. The Hall–Kier alpha value is -2.65. The van der Waals surface area contributed by atoms with Crippen molar-refractivity contribution in [3.8, 4) is 0 Å². The molecule has 2 saturated heterocycles. The van der Waals surface area contributed by atoms with Crippen molar-refractivity contribution in [3.05, 3.63) is 24.3 Å². The molecule has 0 aliphatic carbocycles. The van der Waals surface area contributed by atoms with Gasteiger partial charge in [0, 0.05) is 37.6 Å². The Morgan fingerprint density at radius 2 is 1.66 bits per heavy atom. The van der Waals surface area contributed by atoms with E-state index in [1.165, 1.54) is 0 Å². The first-order chi connectivity index (χ1) is 15.2. The van der Waals surface area contributed by atoms with Gasteiger partial charge >= 0.3 is 6.09 Å². The van der Waals surface area contributed by atoms with E-state index in [-0.39, 0.29) is 23.8 Å². The minimum absolute atomic E-state index is 0.0758. The van der Waals surface area contributed by atoms with Gasteiger partial charge in [0.15, 0.2) is 0 Å². The molecule has 3 rings (SSSR count). The van der Waals surface area contributed by atoms with E-state index in [4.69, 9.17) is 9.47 Å². The van der Waals surface area contributed by atoms with Gasteiger partial charge in [-0.3, -0.25) is 14.5 Å².